The molecule has 2 atom stereocenters. The van der Waals surface area contributed by atoms with Gasteiger partial charge in [-0.3, -0.25) is 4.99 Å². The molecule has 0 radical (unpaired) electrons. The van der Waals surface area contributed by atoms with E-state index < -0.39 is 24.1 Å². The molecular weight excluding hydrogens is 336 g/mol. The minimum absolute atomic E-state index is 0.967. The van der Waals surface area contributed by atoms with Gasteiger partial charge < -0.3 is 25.3 Å². The standard InChI is InChI=1S/C11H14N2S.C4H6O6/c1-13-8-3-7-12-11(13)6-5-10-4-2-9-14-10;5-1(3(7)8)2(6)4(9)10/h2,4-6,9H,3,7-8H2,1H3;1-2,5-6H,(H,7,8)(H,9,10)/b6-5+;. The van der Waals surface area contributed by atoms with Gasteiger partial charge in [-0.1, -0.05) is 6.07 Å². The van der Waals surface area contributed by atoms with Gasteiger partial charge in [0, 0.05) is 25.0 Å². The van der Waals surface area contributed by atoms with E-state index in [4.69, 9.17) is 20.4 Å². The monoisotopic (exact) mass is 356 g/mol. The Morgan fingerprint density at radius 3 is 2.33 bits per heavy atom. The molecular formula is C15H20N2O6S. The summed E-state index contributed by atoms with van der Waals surface area (Å²) in [5, 5.41) is 34.6. The zero-order valence-electron chi connectivity index (χ0n) is 13.1. The molecule has 0 amide bonds. The molecule has 0 saturated carbocycles. The summed E-state index contributed by atoms with van der Waals surface area (Å²) >= 11 is 1.75. The Morgan fingerprint density at radius 2 is 1.88 bits per heavy atom. The van der Waals surface area contributed by atoms with Crippen molar-refractivity contribution in [1.82, 2.24) is 4.90 Å². The molecule has 1 aromatic heterocycles. The van der Waals surface area contributed by atoms with Crippen LogP contribution < -0.4 is 0 Å². The Kier molecular flexibility index (Phi) is 8.10. The van der Waals surface area contributed by atoms with Crippen LogP contribution in [0.5, 0.6) is 0 Å². The maximum absolute atomic E-state index is 9.77. The fourth-order valence-corrected chi connectivity index (χ4v) is 2.35. The normalized spacial score (nSPS) is 16.8. The number of carboxylic acid groups (broad SMARTS) is 2. The van der Waals surface area contributed by atoms with Gasteiger partial charge in [0.25, 0.3) is 0 Å². The van der Waals surface area contributed by atoms with E-state index in [9.17, 15) is 9.59 Å². The van der Waals surface area contributed by atoms with E-state index in [1.165, 1.54) is 11.3 Å². The summed E-state index contributed by atoms with van der Waals surface area (Å²) in [6.07, 6.45) is 0.874. The van der Waals surface area contributed by atoms with Gasteiger partial charge in [0.2, 0.25) is 0 Å². The van der Waals surface area contributed by atoms with Crippen LogP contribution in [0.1, 0.15) is 11.3 Å². The van der Waals surface area contributed by atoms with Crippen LogP contribution in [0, 0.1) is 0 Å². The predicted octanol–water partition coefficient (Wildman–Crippen LogP) is 0.373. The fraction of sp³-hybridized carbons (Fsp3) is 0.400. The molecule has 24 heavy (non-hydrogen) atoms. The zero-order chi connectivity index (χ0) is 18.1. The molecule has 0 bridgehead atoms. The minimum Gasteiger partial charge on any atom is -0.479 e. The summed E-state index contributed by atoms with van der Waals surface area (Å²) in [7, 11) is 2.09. The van der Waals surface area contributed by atoms with Gasteiger partial charge in [0.05, 0.1) is 0 Å². The number of likely N-dealkylation sites (N-methyl/N-ethyl adjacent to an activating group) is 1. The highest BCUT2D eigenvalue weighted by Crippen LogP contribution is 2.11. The topological polar surface area (TPSA) is 131 Å². The highest BCUT2D eigenvalue weighted by atomic mass is 32.1. The van der Waals surface area contributed by atoms with E-state index in [1.807, 2.05) is 0 Å². The average molecular weight is 356 g/mol. The predicted molar refractivity (Wildman–Crippen MR) is 90.2 cm³/mol. The lowest BCUT2D eigenvalue weighted by Gasteiger charge is -2.22. The summed E-state index contributed by atoms with van der Waals surface area (Å²) < 4.78 is 0. The second-order valence-electron chi connectivity index (χ2n) is 4.93. The number of carboxylic acids is 2. The molecule has 9 heteroatoms. The molecule has 0 saturated heterocycles. The van der Waals surface area contributed by atoms with E-state index in [0.29, 0.717) is 0 Å². The number of rotatable bonds is 5. The first-order valence-electron chi connectivity index (χ1n) is 7.12. The molecule has 2 heterocycles. The highest BCUT2D eigenvalue weighted by molar-refractivity contribution is 7.10. The van der Waals surface area contributed by atoms with Crippen molar-refractivity contribution in [1.29, 1.82) is 0 Å². The molecule has 132 valence electrons. The van der Waals surface area contributed by atoms with Crippen molar-refractivity contribution in [2.45, 2.75) is 18.6 Å². The number of carbonyl (C=O) groups is 2. The van der Waals surface area contributed by atoms with Crippen molar-refractivity contribution in [3.63, 3.8) is 0 Å². The van der Waals surface area contributed by atoms with E-state index in [1.54, 1.807) is 11.3 Å². The molecule has 1 aromatic rings. The molecule has 1 aliphatic rings. The SMILES string of the molecule is CN1CCCN=C1/C=C/c1cccs1.O=C(O)C(O)C(O)C(=O)O. The molecule has 8 nitrogen and oxygen atoms in total. The van der Waals surface area contributed by atoms with E-state index in [0.717, 1.165) is 18.9 Å². The maximum atomic E-state index is 9.77. The number of aliphatic carboxylic acids is 2. The second-order valence-corrected chi connectivity index (χ2v) is 5.91. The van der Waals surface area contributed by atoms with Gasteiger partial charge in [0.15, 0.2) is 12.2 Å². The Bertz CT molecular complexity index is 581. The highest BCUT2D eigenvalue weighted by Gasteiger charge is 2.29. The third-order valence-electron chi connectivity index (χ3n) is 3.06. The van der Waals surface area contributed by atoms with Gasteiger partial charge in [0.1, 0.15) is 5.84 Å². The number of hydrogen-bond acceptors (Lipinski definition) is 7. The quantitative estimate of drug-likeness (QED) is 0.599. The van der Waals surface area contributed by atoms with Crippen LogP contribution in [0.15, 0.2) is 28.6 Å². The molecule has 0 spiro atoms. The van der Waals surface area contributed by atoms with Gasteiger partial charge >= 0.3 is 11.9 Å². The smallest absolute Gasteiger partial charge is 0.335 e. The van der Waals surface area contributed by atoms with Crippen molar-refractivity contribution in [3.8, 4) is 0 Å². The van der Waals surface area contributed by atoms with Crippen molar-refractivity contribution < 1.29 is 30.0 Å². The van der Waals surface area contributed by atoms with E-state index in [2.05, 4.69) is 46.6 Å². The summed E-state index contributed by atoms with van der Waals surface area (Å²) in [5.41, 5.74) is 0. The van der Waals surface area contributed by atoms with Crippen molar-refractivity contribution in [2.75, 3.05) is 20.1 Å². The number of amidine groups is 1. The Balaban J connectivity index is 0.000000257. The first kappa shape index (κ1) is 19.8. The number of nitrogens with zero attached hydrogens (tertiary/aromatic N) is 2. The van der Waals surface area contributed by atoms with Crippen LogP contribution in [-0.2, 0) is 9.59 Å². The minimum atomic E-state index is -2.27. The van der Waals surface area contributed by atoms with Crippen LogP contribution in [0.25, 0.3) is 6.08 Å². The third-order valence-corrected chi connectivity index (χ3v) is 3.90. The van der Waals surface area contributed by atoms with Gasteiger partial charge in [-0.05, 0) is 30.0 Å². The lowest BCUT2D eigenvalue weighted by molar-refractivity contribution is -0.165. The Hall–Kier alpha value is -2.23. The lowest BCUT2D eigenvalue weighted by Crippen LogP contribution is -2.39. The van der Waals surface area contributed by atoms with Crippen LogP contribution in [0.4, 0.5) is 0 Å². The lowest BCUT2D eigenvalue weighted by atomic mass is 10.2. The number of aliphatic hydroxyl groups is 2. The van der Waals surface area contributed by atoms with Gasteiger partial charge in [-0.2, -0.15) is 0 Å². The molecule has 2 rings (SSSR count). The molecule has 0 aliphatic carbocycles. The first-order chi connectivity index (χ1) is 11.3. The number of thiophene rings is 1. The number of hydrogen-bond donors (Lipinski definition) is 4. The summed E-state index contributed by atoms with van der Waals surface area (Å²) in [6, 6.07) is 4.18. The van der Waals surface area contributed by atoms with Crippen LogP contribution in [-0.4, -0.2) is 75.4 Å². The molecule has 0 aromatic carbocycles. The van der Waals surface area contributed by atoms with Crippen molar-refractivity contribution in [2.24, 2.45) is 4.99 Å². The molecule has 4 N–H and O–H groups in total. The fourth-order valence-electron chi connectivity index (χ4n) is 1.73. The van der Waals surface area contributed by atoms with E-state index in [-0.39, 0.29) is 0 Å². The Morgan fingerprint density at radius 1 is 1.25 bits per heavy atom. The number of aliphatic imine (C=N–C) groups is 1. The second kappa shape index (κ2) is 9.81. The average Bonchev–Trinajstić information content (AvgIpc) is 3.06. The zero-order valence-corrected chi connectivity index (χ0v) is 13.9. The van der Waals surface area contributed by atoms with Crippen LogP contribution >= 0.6 is 11.3 Å². The summed E-state index contributed by atoms with van der Waals surface area (Å²) in [6.45, 7) is 2.09. The maximum Gasteiger partial charge on any atom is 0.335 e. The van der Waals surface area contributed by atoms with E-state index >= 15 is 0 Å². The molecule has 1 aliphatic heterocycles. The largest absolute Gasteiger partial charge is 0.479 e. The third kappa shape index (κ3) is 6.49. The van der Waals surface area contributed by atoms with Crippen molar-refractivity contribution >= 4 is 35.2 Å². The van der Waals surface area contributed by atoms with Crippen LogP contribution in [0.3, 0.4) is 0 Å². The molecule has 0 fully saturated rings. The van der Waals surface area contributed by atoms with Gasteiger partial charge in [-0.15, -0.1) is 11.3 Å². The molecule has 2 unspecified atom stereocenters. The van der Waals surface area contributed by atoms with Crippen LogP contribution in [0.2, 0.25) is 0 Å². The van der Waals surface area contributed by atoms with Gasteiger partial charge in [-0.25, -0.2) is 9.59 Å². The Labute approximate surface area is 143 Å². The summed E-state index contributed by atoms with van der Waals surface area (Å²) in [4.78, 5) is 27.5. The van der Waals surface area contributed by atoms with Crippen molar-refractivity contribution in [3.05, 3.63) is 28.5 Å². The number of aliphatic hydroxyl groups excluding tert-OH is 2. The first-order valence-corrected chi connectivity index (χ1v) is 7.99. The summed E-state index contributed by atoms with van der Waals surface area (Å²) in [5.74, 6) is -2.44.